The smallest absolute Gasteiger partial charge is 0.333 e. The Kier molecular flexibility index (Phi) is 22.8. The summed E-state index contributed by atoms with van der Waals surface area (Å²) in [4.78, 5) is 153. The minimum absolute atomic E-state index is 0.0361. The third kappa shape index (κ3) is 19.1. The molecule has 1 aliphatic rings. The zero-order chi connectivity index (χ0) is 61.1. The zero-order valence-electron chi connectivity index (χ0n) is 47.1. The Morgan fingerprint density at radius 1 is 0.793 bits per heavy atom. The Bertz CT molecular complexity index is 3000. The number of aliphatic hydroxyl groups excluding tert-OH is 1. The van der Waals surface area contributed by atoms with Gasteiger partial charge in [0.15, 0.2) is 1.41 Å². The number of hydrogen-bond donors (Lipinski definition) is 8. The van der Waals surface area contributed by atoms with Gasteiger partial charge in [-0.2, -0.15) is 0 Å². The first-order valence-electron chi connectivity index (χ1n) is 26.8. The third-order valence-corrected chi connectivity index (χ3v) is 12.9. The number of benzene rings is 2. The summed E-state index contributed by atoms with van der Waals surface area (Å²) in [5.74, 6) is -10.9. The standard InChI is InChI=1S/C56H69F2N11O13/c1-33(63-46(73)26-35-18-21-60-22-19-35)52(78)64-34(2)53(79)66-42(29-44(59)71)55(81)65-41(54(80)62-24-23-61-45(72)12-9-13-50(77)82-69-47(74)16-17-48(69)75)20-25-68(49(76)32-70)51(56(3,4)5)43-27-37(39-28-38(57)14-15-40(39)58)31-67(43)30-36-10-7-6-8-11-36/h6-8,10-11,14-15,18-19,21-22,27-28,31,33-34,41-42,51,70H,9,12-13,16-17,20,23-26,29-30,32H2,1-5H3,(H2,59,71)(H,61,72)(H,62,80)(H,63,73)(H,64,78)(H,65,81)(H,66,79)/t33-,34-,41-,42-,51-/m0/s1/i/hD. The fraction of sp³-hybridized carbons (Fsp3) is 0.429. The minimum Gasteiger partial charge on any atom is -0.387 e. The van der Waals surface area contributed by atoms with Crippen LogP contribution >= 0.6 is 0 Å². The van der Waals surface area contributed by atoms with Crippen LogP contribution in [0.1, 0.15) is 102 Å². The Hall–Kier alpha value is -8.94. The molecule has 0 radical (unpaired) electrons. The number of halogens is 2. The molecule has 4 aromatic rings. The molecule has 5 atom stereocenters. The van der Waals surface area contributed by atoms with E-state index in [-0.39, 0.29) is 69.3 Å². The second kappa shape index (κ2) is 30.0. The molecule has 1 fully saturated rings. The Morgan fingerprint density at radius 2 is 1.44 bits per heavy atom. The van der Waals surface area contributed by atoms with E-state index >= 15 is 4.39 Å². The van der Waals surface area contributed by atoms with E-state index in [1.165, 1.54) is 31.1 Å². The normalized spacial score (nSPS) is 14.2. The van der Waals surface area contributed by atoms with Crippen LogP contribution in [0.2, 0.25) is 1.41 Å². The maximum atomic E-state index is 15.4. The molecular formula is C56H69F2N11O13. The number of aromatic nitrogens is 2. The van der Waals surface area contributed by atoms with Gasteiger partial charge in [0, 0.05) is 87.3 Å². The summed E-state index contributed by atoms with van der Waals surface area (Å²) in [6.45, 7) is 6.12. The molecule has 0 bridgehead atoms. The summed E-state index contributed by atoms with van der Waals surface area (Å²) in [6.07, 6.45) is 2.26. The van der Waals surface area contributed by atoms with Crippen LogP contribution in [0.5, 0.6) is 0 Å². The number of aliphatic hydroxyl groups is 1. The van der Waals surface area contributed by atoms with Crippen molar-refractivity contribution in [2.24, 2.45) is 11.1 Å². The van der Waals surface area contributed by atoms with Crippen molar-refractivity contribution in [1.29, 1.82) is 0 Å². The third-order valence-electron chi connectivity index (χ3n) is 12.9. The van der Waals surface area contributed by atoms with Crippen molar-refractivity contribution in [3.05, 3.63) is 114 Å². The summed E-state index contributed by atoms with van der Waals surface area (Å²) in [6, 6.07) is 9.51. The number of hydroxylamine groups is 2. The van der Waals surface area contributed by atoms with Gasteiger partial charge in [0.1, 0.15) is 42.4 Å². The molecule has 0 spiro atoms. The summed E-state index contributed by atoms with van der Waals surface area (Å²) < 4.78 is 40.1. The van der Waals surface area contributed by atoms with Crippen molar-refractivity contribution in [1.82, 2.24) is 51.4 Å². The van der Waals surface area contributed by atoms with E-state index < -0.39 is 138 Å². The predicted octanol–water partition coefficient (Wildman–Crippen LogP) is 1.28. The molecule has 440 valence electrons. The van der Waals surface area contributed by atoms with Crippen LogP contribution in [0.4, 0.5) is 8.78 Å². The average Bonchev–Trinajstić information content (AvgIpc) is 3.93. The fourth-order valence-corrected chi connectivity index (χ4v) is 8.81. The second-order valence-electron chi connectivity index (χ2n) is 20.5. The summed E-state index contributed by atoms with van der Waals surface area (Å²) in [7, 11) is 0. The lowest BCUT2D eigenvalue weighted by Crippen LogP contribution is -2.58. The first kappa shape index (κ1) is 62.3. The van der Waals surface area contributed by atoms with E-state index in [4.69, 9.17) is 12.0 Å². The minimum atomic E-state index is -1.80. The largest absolute Gasteiger partial charge is 0.387 e. The molecule has 9 N–H and O–H groups in total. The molecule has 82 heavy (non-hydrogen) atoms. The number of amides is 10. The molecule has 0 saturated carbocycles. The van der Waals surface area contributed by atoms with Gasteiger partial charge in [0.05, 0.1) is 18.9 Å². The number of nitrogens with one attached hydrogen (secondary N) is 6. The first-order chi connectivity index (χ1) is 39.3. The second-order valence-corrected chi connectivity index (χ2v) is 20.5. The van der Waals surface area contributed by atoms with Gasteiger partial charge in [-0.15, -0.1) is 5.06 Å². The quantitative estimate of drug-likeness (QED) is 0.0281. The van der Waals surface area contributed by atoms with E-state index in [0.29, 0.717) is 21.6 Å². The van der Waals surface area contributed by atoms with Crippen molar-refractivity contribution in [2.45, 2.75) is 123 Å². The number of carbonyl (C=O) groups excluding carboxylic acids is 11. The van der Waals surface area contributed by atoms with Crippen LogP contribution in [0.25, 0.3) is 11.1 Å². The van der Waals surface area contributed by atoms with E-state index in [1.54, 1.807) is 61.9 Å². The highest BCUT2D eigenvalue weighted by Gasteiger charge is 2.39. The van der Waals surface area contributed by atoms with E-state index in [9.17, 15) is 62.2 Å². The van der Waals surface area contributed by atoms with Gasteiger partial charge in [0.25, 0.3) is 11.8 Å². The first-order valence-corrected chi connectivity index (χ1v) is 26.4. The number of carbonyl (C=O) groups is 11. The van der Waals surface area contributed by atoms with Crippen molar-refractivity contribution in [3.8, 4) is 11.1 Å². The van der Waals surface area contributed by atoms with Crippen molar-refractivity contribution in [3.63, 3.8) is 0 Å². The highest BCUT2D eigenvalue weighted by molar-refractivity contribution is 6.01. The maximum Gasteiger partial charge on any atom is 0.333 e. The summed E-state index contributed by atoms with van der Waals surface area (Å²) in [5.41, 5.74) is 6.50. The molecule has 24 nitrogen and oxygen atoms in total. The van der Waals surface area contributed by atoms with Gasteiger partial charge >= 0.3 is 5.97 Å². The van der Waals surface area contributed by atoms with Crippen molar-refractivity contribution < 1.29 is 72.9 Å². The number of imide groups is 1. The molecule has 0 aliphatic carbocycles. The number of primary amides is 1. The molecule has 0 unspecified atom stereocenters. The molecule has 5 rings (SSSR count). The van der Waals surface area contributed by atoms with Crippen LogP contribution < -0.4 is 37.6 Å². The van der Waals surface area contributed by atoms with Crippen molar-refractivity contribution in [2.75, 3.05) is 26.2 Å². The van der Waals surface area contributed by atoms with Crippen LogP contribution in [0.15, 0.2) is 85.3 Å². The Balaban J connectivity index is 1.38. The molecule has 2 aromatic carbocycles. The Morgan fingerprint density at radius 3 is 2.09 bits per heavy atom. The summed E-state index contributed by atoms with van der Waals surface area (Å²) in [5, 5.41) is 23.7. The van der Waals surface area contributed by atoms with E-state index in [2.05, 4.69) is 31.6 Å². The number of rotatable bonds is 29. The van der Waals surface area contributed by atoms with E-state index in [1.807, 2.05) is 18.2 Å². The highest BCUT2D eigenvalue weighted by Crippen LogP contribution is 2.41. The molecular weight excluding hydrogens is 1070 g/mol. The average molecular weight is 1140 g/mol. The number of hydrogen-bond acceptors (Lipinski definition) is 14. The van der Waals surface area contributed by atoms with Crippen LogP contribution in [-0.4, -0.2) is 140 Å². The van der Waals surface area contributed by atoms with Gasteiger partial charge in [0.2, 0.25) is 47.3 Å². The molecule has 2 aromatic heterocycles. The number of nitrogens with two attached hydrogens (primary N) is 1. The van der Waals surface area contributed by atoms with Crippen molar-refractivity contribution >= 4 is 65.0 Å². The SMILES string of the molecule is [2H]N(C(=O)Cc1ccncc1)[C@@H](C)C(=O)N[C@@H](C)C(=O)N[C@@H](CC(N)=O)C(=O)N[C@@H](CCN(C(=O)CO)[C@@H](c1cc(-c2cc(F)ccc2F)cn1Cc1ccccc1)C(C)(C)C)C(=O)NCCNC(=O)CCCC(=O)ON1C(=O)CCC1=O. The topological polar surface area (TPSA) is 340 Å². The van der Waals surface area contributed by atoms with Crippen LogP contribution in [-0.2, 0) is 70.5 Å². The molecule has 1 aliphatic heterocycles. The summed E-state index contributed by atoms with van der Waals surface area (Å²) >= 11 is 0. The van der Waals surface area contributed by atoms with Gasteiger partial charge in [-0.1, -0.05) is 51.1 Å². The van der Waals surface area contributed by atoms with Crippen LogP contribution in [0, 0.1) is 17.0 Å². The molecule has 1 saturated heterocycles. The van der Waals surface area contributed by atoms with E-state index in [0.717, 1.165) is 23.8 Å². The maximum absolute atomic E-state index is 15.4. The predicted molar refractivity (Wildman–Crippen MR) is 289 cm³/mol. The highest BCUT2D eigenvalue weighted by atomic mass is 19.1. The Labute approximate surface area is 473 Å². The lowest BCUT2D eigenvalue weighted by atomic mass is 9.82. The monoisotopic (exact) mass is 1140 g/mol. The lowest BCUT2D eigenvalue weighted by molar-refractivity contribution is -0.197. The fourth-order valence-electron chi connectivity index (χ4n) is 8.81. The van der Waals surface area contributed by atoms with Gasteiger partial charge in [-0.3, -0.25) is 52.9 Å². The number of nitrogens with zero attached hydrogens (tertiary/aromatic N) is 4. The lowest BCUT2D eigenvalue weighted by Gasteiger charge is -2.41. The molecule has 10 amide bonds. The van der Waals surface area contributed by atoms with Gasteiger partial charge in [-0.25, -0.2) is 13.6 Å². The zero-order valence-corrected chi connectivity index (χ0v) is 46.1. The van der Waals surface area contributed by atoms with Gasteiger partial charge < -0.3 is 57.0 Å². The van der Waals surface area contributed by atoms with Crippen LogP contribution in [0.3, 0.4) is 0 Å². The molecule has 26 heteroatoms. The number of pyridine rings is 1. The van der Waals surface area contributed by atoms with Gasteiger partial charge in [-0.05, 0) is 79.6 Å². The molecule has 3 heterocycles.